The number of nitrogens with one attached hydrogen (secondary N) is 2. The van der Waals surface area contributed by atoms with E-state index in [9.17, 15) is 4.79 Å². The van der Waals surface area contributed by atoms with Crippen molar-refractivity contribution in [2.75, 3.05) is 6.54 Å². The lowest BCUT2D eigenvalue weighted by molar-refractivity contribution is 0.207. The molecule has 0 radical (unpaired) electrons. The maximum Gasteiger partial charge on any atom is 0.323 e. The summed E-state index contributed by atoms with van der Waals surface area (Å²) in [4.78, 5) is 13.0. The first-order valence-corrected chi connectivity index (χ1v) is 4.83. The van der Waals surface area contributed by atoms with E-state index >= 15 is 0 Å². The molecule has 1 heterocycles. The standard InChI is InChI=1S/C10H17N3O/c1-4-5-13-8(6-7(2)3)9(11)12-10(13)14/h4,7-8H,1,5-6H2,2-3H3,(H2,11,12,14). The highest BCUT2D eigenvalue weighted by Gasteiger charge is 2.34. The van der Waals surface area contributed by atoms with Crippen LogP contribution >= 0.6 is 0 Å². The molecule has 0 spiro atoms. The van der Waals surface area contributed by atoms with Crippen molar-refractivity contribution in [2.24, 2.45) is 5.92 Å². The summed E-state index contributed by atoms with van der Waals surface area (Å²) < 4.78 is 0. The number of carbonyl (C=O) groups excluding carboxylic acids is 1. The molecule has 0 saturated carbocycles. The Hall–Kier alpha value is -1.32. The normalized spacial score (nSPS) is 21.6. The molecule has 1 fully saturated rings. The summed E-state index contributed by atoms with van der Waals surface area (Å²) in [6.45, 7) is 8.28. The maximum absolute atomic E-state index is 11.4. The van der Waals surface area contributed by atoms with Crippen molar-refractivity contribution in [1.29, 1.82) is 5.41 Å². The minimum atomic E-state index is -0.180. The largest absolute Gasteiger partial charge is 0.323 e. The van der Waals surface area contributed by atoms with Crippen LogP contribution in [0.1, 0.15) is 20.3 Å². The minimum Gasteiger partial charge on any atom is -0.311 e. The molecule has 0 aliphatic carbocycles. The number of rotatable bonds is 4. The Balaban J connectivity index is 2.72. The van der Waals surface area contributed by atoms with Crippen LogP contribution in [0.3, 0.4) is 0 Å². The van der Waals surface area contributed by atoms with Crippen LogP contribution in [-0.4, -0.2) is 29.4 Å². The second-order valence-corrected chi connectivity index (χ2v) is 3.93. The smallest absolute Gasteiger partial charge is 0.311 e. The topological polar surface area (TPSA) is 56.2 Å². The van der Waals surface area contributed by atoms with Gasteiger partial charge in [0.2, 0.25) is 0 Å². The molecule has 2 N–H and O–H groups in total. The van der Waals surface area contributed by atoms with Crippen LogP contribution in [0.2, 0.25) is 0 Å². The monoisotopic (exact) mass is 195 g/mol. The number of urea groups is 1. The van der Waals surface area contributed by atoms with Crippen molar-refractivity contribution in [3.8, 4) is 0 Å². The summed E-state index contributed by atoms with van der Waals surface area (Å²) in [6, 6.07) is -0.277. The maximum atomic E-state index is 11.4. The van der Waals surface area contributed by atoms with Crippen molar-refractivity contribution in [1.82, 2.24) is 10.2 Å². The Morgan fingerprint density at radius 3 is 2.86 bits per heavy atom. The van der Waals surface area contributed by atoms with E-state index in [4.69, 9.17) is 5.41 Å². The van der Waals surface area contributed by atoms with Gasteiger partial charge in [0.05, 0.1) is 6.04 Å². The lowest BCUT2D eigenvalue weighted by Gasteiger charge is -2.22. The Labute approximate surface area is 84.5 Å². The van der Waals surface area contributed by atoms with Gasteiger partial charge in [-0.15, -0.1) is 6.58 Å². The third-order valence-electron chi connectivity index (χ3n) is 2.23. The van der Waals surface area contributed by atoms with Gasteiger partial charge in [-0.05, 0) is 12.3 Å². The molecule has 1 unspecified atom stereocenters. The Kier molecular flexibility index (Phi) is 3.28. The summed E-state index contributed by atoms with van der Waals surface area (Å²) in [7, 11) is 0. The second kappa shape index (κ2) is 4.26. The quantitative estimate of drug-likeness (QED) is 0.657. The van der Waals surface area contributed by atoms with Gasteiger partial charge in [-0.25, -0.2) is 4.79 Å². The molecule has 2 amide bonds. The molecular formula is C10H17N3O. The number of amides is 2. The predicted octanol–water partition coefficient (Wildman–Crippen LogP) is 1.59. The summed E-state index contributed by atoms with van der Waals surface area (Å²) >= 11 is 0. The van der Waals surface area contributed by atoms with Crippen LogP contribution in [-0.2, 0) is 0 Å². The van der Waals surface area contributed by atoms with Gasteiger partial charge in [0, 0.05) is 6.54 Å². The first-order chi connectivity index (χ1) is 6.56. The summed E-state index contributed by atoms with van der Waals surface area (Å²) in [5, 5.41) is 10.2. The molecule has 0 aromatic carbocycles. The van der Waals surface area contributed by atoms with Crippen LogP contribution < -0.4 is 5.32 Å². The van der Waals surface area contributed by atoms with Crippen LogP contribution in [0.4, 0.5) is 4.79 Å². The molecule has 0 aromatic heterocycles. The molecule has 0 aromatic rings. The van der Waals surface area contributed by atoms with E-state index in [1.54, 1.807) is 11.0 Å². The van der Waals surface area contributed by atoms with Gasteiger partial charge >= 0.3 is 6.03 Å². The molecular weight excluding hydrogens is 178 g/mol. The molecule has 1 atom stereocenters. The van der Waals surface area contributed by atoms with Gasteiger partial charge < -0.3 is 4.90 Å². The van der Waals surface area contributed by atoms with E-state index < -0.39 is 0 Å². The van der Waals surface area contributed by atoms with Crippen LogP contribution in [0.25, 0.3) is 0 Å². The zero-order chi connectivity index (χ0) is 10.7. The average Bonchev–Trinajstić information content (AvgIpc) is 2.31. The van der Waals surface area contributed by atoms with Crippen LogP contribution in [0, 0.1) is 11.3 Å². The van der Waals surface area contributed by atoms with Crippen molar-refractivity contribution in [3.05, 3.63) is 12.7 Å². The van der Waals surface area contributed by atoms with E-state index in [2.05, 4.69) is 25.7 Å². The van der Waals surface area contributed by atoms with E-state index in [0.29, 0.717) is 18.3 Å². The number of amidine groups is 1. The highest BCUT2D eigenvalue weighted by atomic mass is 16.2. The molecule has 1 aliphatic heterocycles. The summed E-state index contributed by atoms with van der Waals surface area (Å²) in [5.74, 6) is 0.783. The van der Waals surface area contributed by atoms with Crippen molar-refractivity contribution in [2.45, 2.75) is 26.3 Å². The third kappa shape index (κ3) is 2.13. The fraction of sp³-hybridized carbons (Fsp3) is 0.600. The highest BCUT2D eigenvalue weighted by Crippen LogP contribution is 2.16. The van der Waals surface area contributed by atoms with Crippen molar-refractivity contribution < 1.29 is 4.79 Å². The fourth-order valence-corrected chi connectivity index (χ4v) is 1.61. The first kappa shape index (κ1) is 10.8. The van der Waals surface area contributed by atoms with E-state index in [-0.39, 0.29) is 12.1 Å². The third-order valence-corrected chi connectivity index (χ3v) is 2.23. The summed E-state index contributed by atoms with van der Waals surface area (Å²) in [5.41, 5.74) is 0. The van der Waals surface area contributed by atoms with Crippen LogP contribution in [0.15, 0.2) is 12.7 Å². The lowest BCUT2D eigenvalue weighted by Crippen LogP contribution is -2.35. The molecule has 0 bridgehead atoms. The zero-order valence-electron chi connectivity index (χ0n) is 8.71. The number of nitrogens with zero attached hydrogens (tertiary/aromatic N) is 1. The van der Waals surface area contributed by atoms with Crippen molar-refractivity contribution >= 4 is 11.9 Å². The van der Waals surface area contributed by atoms with E-state index in [1.807, 2.05) is 0 Å². The minimum absolute atomic E-state index is 0.0968. The highest BCUT2D eigenvalue weighted by molar-refractivity contribution is 6.05. The van der Waals surface area contributed by atoms with Gasteiger partial charge in [-0.2, -0.15) is 0 Å². The Morgan fingerprint density at radius 2 is 2.36 bits per heavy atom. The number of carbonyl (C=O) groups is 1. The molecule has 14 heavy (non-hydrogen) atoms. The predicted molar refractivity (Wildman–Crippen MR) is 56.4 cm³/mol. The van der Waals surface area contributed by atoms with Gasteiger partial charge in [0.15, 0.2) is 0 Å². The van der Waals surface area contributed by atoms with Crippen molar-refractivity contribution in [3.63, 3.8) is 0 Å². The fourth-order valence-electron chi connectivity index (χ4n) is 1.61. The molecule has 1 saturated heterocycles. The Bertz CT molecular complexity index is 260. The van der Waals surface area contributed by atoms with Gasteiger partial charge in [0.1, 0.15) is 5.84 Å². The van der Waals surface area contributed by atoms with E-state index in [0.717, 1.165) is 6.42 Å². The van der Waals surface area contributed by atoms with E-state index in [1.165, 1.54) is 0 Å². The number of hydrogen-bond acceptors (Lipinski definition) is 2. The van der Waals surface area contributed by atoms with Crippen LogP contribution in [0.5, 0.6) is 0 Å². The van der Waals surface area contributed by atoms with Gasteiger partial charge in [0.25, 0.3) is 0 Å². The molecule has 1 aliphatic rings. The zero-order valence-corrected chi connectivity index (χ0v) is 8.71. The van der Waals surface area contributed by atoms with Gasteiger partial charge in [-0.1, -0.05) is 19.9 Å². The summed E-state index contributed by atoms with van der Waals surface area (Å²) in [6.07, 6.45) is 2.51. The molecule has 4 nitrogen and oxygen atoms in total. The van der Waals surface area contributed by atoms with Gasteiger partial charge in [-0.3, -0.25) is 10.7 Å². The number of hydrogen-bond donors (Lipinski definition) is 2. The molecule has 1 rings (SSSR count). The SMILES string of the molecule is C=CCN1C(=O)NC(=N)C1CC(C)C. The molecule has 4 heteroatoms. The second-order valence-electron chi connectivity index (χ2n) is 3.93. The molecule has 78 valence electrons. The lowest BCUT2D eigenvalue weighted by atomic mass is 10.0. The first-order valence-electron chi connectivity index (χ1n) is 4.83. The Morgan fingerprint density at radius 1 is 1.71 bits per heavy atom. The average molecular weight is 195 g/mol.